The average molecular weight is 587 g/mol. The molecule has 1 atom stereocenters. The Kier molecular flexibility index (Phi) is 9.64. The van der Waals surface area contributed by atoms with Crippen LogP contribution < -0.4 is 14.8 Å². The first-order valence-corrected chi connectivity index (χ1v) is 14.9. The Morgan fingerprint density at radius 3 is 1.88 bits per heavy atom. The Bertz CT molecular complexity index is 1580. The summed E-state index contributed by atoms with van der Waals surface area (Å²) in [6.45, 7) is 5.45. The predicted octanol–water partition coefficient (Wildman–Crippen LogP) is 5.87. The zero-order chi connectivity index (χ0) is 30.2. The van der Waals surface area contributed by atoms with Crippen LogP contribution >= 0.6 is 0 Å². The van der Waals surface area contributed by atoms with E-state index < -0.39 is 33.7 Å². The first kappa shape index (κ1) is 30.3. The summed E-state index contributed by atoms with van der Waals surface area (Å²) in [5, 5.41) is 2.50. The highest BCUT2D eigenvalue weighted by molar-refractivity contribution is 7.90. The van der Waals surface area contributed by atoms with Gasteiger partial charge in [-0.25, -0.2) is 17.9 Å². The molecule has 4 aromatic carbocycles. The number of carbonyl (C=O) groups excluding carboxylic acids is 2. The largest absolute Gasteiger partial charge is 0.489 e. The highest BCUT2D eigenvalue weighted by Gasteiger charge is 2.28. The summed E-state index contributed by atoms with van der Waals surface area (Å²) in [5.41, 5.74) is 3.16. The van der Waals surface area contributed by atoms with Crippen LogP contribution in [0.25, 0.3) is 11.1 Å². The van der Waals surface area contributed by atoms with Crippen LogP contribution in [0.1, 0.15) is 31.9 Å². The molecule has 42 heavy (non-hydrogen) atoms. The van der Waals surface area contributed by atoms with Gasteiger partial charge in [0.2, 0.25) is 0 Å². The second-order valence-corrected chi connectivity index (χ2v) is 12.4. The SMILES string of the molecule is CC(C)(C)OC(=O)NC(Cc1ccc(OCc2ccc(-c3ccccc3)cc2)cc1)C(=O)NS(=O)(=O)c1ccccc1. The third kappa shape index (κ3) is 8.94. The second kappa shape index (κ2) is 13.4. The standard InChI is InChI=1S/C33H34N2O6S/c1-33(2,3)41-32(37)34-30(31(36)35-42(38,39)29-12-8-5-9-13-29)22-24-16-20-28(21-17-24)40-23-25-14-18-27(19-15-25)26-10-6-4-7-11-26/h4-21,30H,22-23H2,1-3H3,(H,34,37)(H,35,36). The van der Waals surface area contributed by atoms with Crippen molar-refractivity contribution in [1.29, 1.82) is 0 Å². The Morgan fingerprint density at radius 1 is 0.738 bits per heavy atom. The van der Waals surface area contributed by atoms with Crippen molar-refractivity contribution in [2.24, 2.45) is 0 Å². The van der Waals surface area contributed by atoms with Gasteiger partial charge >= 0.3 is 6.09 Å². The molecule has 4 rings (SSSR count). The minimum Gasteiger partial charge on any atom is -0.489 e. The number of ether oxygens (including phenoxy) is 2. The van der Waals surface area contributed by atoms with Crippen molar-refractivity contribution in [3.8, 4) is 16.9 Å². The van der Waals surface area contributed by atoms with Crippen LogP contribution in [0.3, 0.4) is 0 Å². The minimum absolute atomic E-state index is 0.0244. The average Bonchev–Trinajstić information content (AvgIpc) is 2.96. The van der Waals surface area contributed by atoms with E-state index >= 15 is 0 Å². The summed E-state index contributed by atoms with van der Waals surface area (Å²) < 4.78 is 38.8. The molecule has 0 bridgehead atoms. The summed E-state index contributed by atoms with van der Waals surface area (Å²) in [4.78, 5) is 25.5. The van der Waals surface area contributed by atoms with Crippen molar-refractivity contribution in [2.75, 3.05) is 0 Å². The molecule has 0 heterocycles. The van der Waals surface area contributed by atoms with E-state index in [-0.39, 0.29) is 11.3 Å². The number of hydrogen-bond acceptors (Lipinski definition) is 6. The van der Waals surface area contributed by atoms with Gasteiger partial charge in [-0.3, -0.25) is 4.79 Å². The fourth-order valence-electron chi connectivity index (χ4n) is 4.07. The van der Waals surface area contributed by atoms with Crippen molar-refractivity contribution in [1.82, 2.24) is 10.0 Å². The quantitative estimate of drug-likeness (QED) is 0.240. The maximum absolute atomic E-state index is 13.1. The van der Waals surface area contributed by atoms with Crippen molar-refractivity contribution < 1.29 is 27.5 Å². The molecule has 218 valence electrons. The topological polar surface area (TPSA) is 111 Å². The number of amides is 2. The molecule has 0 aliphatic rings. The van der Waals surface area contributed by atoms with E-state index in [2.05, 4.69) is 34.3 Å². The molecule has 4 aromatic rings. The summed E-state index contributed by atoms with van der Waals surface area (Å²) in [6.07, 6.45) is -0.811. The van der Waals surface area contributed by atoms with Crippen LogP contribution in [-0.4, -0.2) is 32.1 Å². The normalized spacial score (nSPS) is 12.2. The van der Waals surface area contributed by atoms with Crippen LogP contribution in [0, 0.1) is 0 Å². The lowest BCUT2D eigenvalue weighted by Crippen LogP contribution is -2.50. The zero-order valence-corrected chi connectivity index (χ0v) is 24.6. The Balaban J connectivity index is 1.41. The van der Waals surface area contributed by atoms with Gasteiger partial charge in [-0.1, -0.05) is 84.9 Å². The lowest BCUT2D eigenvalue weighted by atomic mass is 10.0. The molecule has 1 unspecified atom stereocenters. The highest BCUT2D eigenvalue weighted by atomic mass is 32.2. The van der Waals surface area contributed by atoms with Crippen LogP contribution in [0.5, 0.6) is 5.75 Å². The molecule has 2 N–H and O–H groups in total. The monoisotopic (exact) mass is 586 g/mol. The van der Waals surface area contributed by atoms with E-state index in [4.69, 9.17) is 9.47 Å². The number of carbonyl (C=O) groups is 2. The number of rotatable bonds is 10. The lowest BCUT2D eigenvalue weighted by Gasteiger charge is -2.23. The Labute approximate surface area is 246 Å². The number of sulfonamides is 1. The summed E-state index contributed by atoms with van der Waals surface area (Å²) >= 11 is 0. The molecule has 0 saturated carbocycles. The van der Waals surface area contributed by atoms with E-state index in [9.17, 15) is 18.0 Å². The lowest BCUT2D eigenvalue weighted by molar-refractivity contribution is -0.121. The van der Waals surface area contributed by atoms with Gasteiger partial charge < -0.3 is 14.8 Å². The third-order valence-corrected chi connectivity index (χ3v) is 7.49. The molecule has 0 spiro atoms. The number of hydrogen-bond donors (Lipinski definition) is 2. The molecular weight excluding hydrogens is 552 g/mol. The molecule has 0 saturated heterocycles. The molecule has 0 radical (unpaired) electrons. The fourth-order valence-corrected chi connectivity index (χ4v) is 5.11. The number of benzene rings is 4. The highest BCUT2D eigenvalue weighted by Crippen LogP contribution is 2.21. The van der Waals surface area contributed by atoms with Gasteiger partial charge in [-0.2, -0.15) is 0 Å². The summed E-state index contributed by atoms with van der Waals surface area (Å²) in [6, 6.07) is 31.6. The van der Waals surface area contributed by atoms with Gasteiger partial charge in [0.25, 0.3) is 15.9 Å². The molecule has 0 aliphatic heterocycles. The molecule has 9 heteroatoms. The van der Waals surface area contributed by atoms with Gasteiger partial charge in [0.15, 0.2) is 0 Å². The third-order valence-electron chi connectivity index (χ3n) is 6.13. The van der Waals surface area contributed by atoms with Crippen LogP contribution in [-0.2, 0) is 32.6 Å². The fraction of sp³-hybridized carbons (Fsp3) is 0.212. The molecule has 0 aliphatic carbocycles. The van der Waals surface area contributed by atoms with Crippen LogP contribution in [0.2, 0.25) is 0 Å². The maximum atomic E-state index is 13.1. The maximum Gasteiger partial charge on any atom is 0.408 e. The van der Waals surface area contributed by atoms with Crippen molar-refractivity contribution >= 4 is 22.0 Å². The summed E-state index contributed by atoms with van der Waals surface area (Å²) in [7, 11) is -4.14. The van der Waals surface area contributed by atoms with Crippen LogP contribution in [0.15, 0.2) is 114 Å². The van der Waals surface area contributed by atoms with E-state index in [1.807, 2.05) is 30.3 Å². The van der Waals surface area contributed by atoms with Gasteiger partial charge in [-0.05, 0) is 67.3 Å². The first-order valence-electron chi connectivity index (χ1n) is 13.5. The smallest absolute Gasteiger partial charge is 0.408 e. The van der Waals surface area contributed by atoms with Gasteiger partial charge in [0, 0.05) is 6.42 Å². The molecule has 0 fully saturated rings. The molecular formula is C33H34N2O6S. The number of nitrogens with one attached hydrogen (secondary N) is 2. The Morgan fingerprint density at radius 2 is 1.29 bits per heavy atom. The van der Waals surface area contributed by atoms with Crippen molar-refractivity contribution in [3.05, 3.63) is 120 Å². The molecule has 0 aromatic heterocycles. The summed E-state index contributed by atoms with van der Waals surface area (Å²) in [5.74, 6) is -0.261. The van der Waals surface area contributed by atoms with Crippen LogP contribution in [0.4, 0.5) is 4.79 Å². The molecule has 8 nitrogen and oxygen atoms in total. The van der Waals surface area contributed by atoms with Gasteiger partial charge in [0.05, 0.1) is 4.90 Å². The van der Waals surface area contributed by atoms with Gasteiger partial charge in [-0.15, -0.1) is 0 Å². The molecule has 2 amide bonds. The zero-order valence-electron chi connectivity index (χ0n) is 23.7. The predicted molar refractivity (Wildman–Crippen MR) is 161 cm³/mol. The van der Waals surface area contributed by atoms with E-state index in [0.29, 0.717) is 17.9 Å². The minimum atomic E-state index is -4.14. The van der Waals surface area contributed by atoms with E-state index in [1.165, 1.54) is 12.1 Å². The number of alkyl carbamates (subject to hydrolysis) is 1. The second-order valence-electron chi connectivity index (χ2n) is 10.7. The first-order chi connectivity index (χ1) is 20.0. The van der Waals surface area contributed by atoms with Crippen molar-refractivity contribution in [2.45, 2.75) is 50.3 Å². The van der Waals surface area contributed by atoms with E-state index in [0.717, 1.165) is 16.7 Å². The Hall–Kier alpha value is -4.63. The van der Waals surface area contributed by atoms with Crippen molar-refractivity contribution in [3.63, 3.8) is 0 Å². The van der Waals surface area contributed by atoms with Gasteiger partial charge in [0.1, 0.15) is 24.0 Å². The van der Waals surface area contributed by atoms with E-state index in [1.54, 1.807) is 63.2 Å².